The number of benzene rings is 1. The molecule has 1 aliphatic heterocycles. The van der Waals surface area contributed by atoms with Crippen LogP contribution in [0.2, 0.25) is 0 Å². The summed E-state index contributed by atoms with van der Waals surface area (Å²) in [5, 5.41) is 10.5. The van der Waals surface area contributed by atoms with Crippen LogP contribution in [0.15, 0.2) is 45.8 Å². The second kappa shape index (κ2) is 15.6. The molecule has 6 rings (SSSR count). The van der Waals surface area contributed by atoms with Gasteiger partial charge in [-0.15, -0.1) is 45.8 Å². The van der Waals surface area contributed by atoms with Gasteiger partial charge in [0.2, 0.25) is 0 Å². The predicted molar refractivity (Wildman–Crippen MR) is 195 cm³/mol. The van der Waals surface area contributed by atoms with Crippen molar-refractivity contribution in [2.24, 2.45) is 17.8 Å². The van der Waals surface area contributed by atoms with Gasteiger partial charge in [0.15, 0.2) is 11.6 Å². The lowest BCUT2D eigenvalue weighted by molar-refractivity contribution is 0.0865. The average Bonchev–Trinajstić information content (AvgIpc) is 3.87. The van der Waals surface area contributed by atoms with Gasteiger partial charge in [0, 0.05) is 28.2 Å². The molecule has 1 aliphatic carbocycles. The van der Waals surface area contributed by atoms with Gasteiger partial charge in [0.25, 0.3) is 0 Å². The summed E-state index contributed by atoms with van der Waals surface area (Å²) in [6, 6.07) is 6.25. The number of thioether (sulfide) groups is 1. The smallest absolute Gasteiger partial charge is 0.181 e. The van der Waals surface area contributed by atoms with Crippen LogP contribution in [0.1, 0.15) is 110 Å². The van der Waals surface area contributed by atoms with E-state index in [1.807, 2.05) is 39.5 Å². The molecule has 0 spiro atoms. The molecule has 0 saturated carbocycles. The van der Waals surface area contributed by atoms with Crippen molar-refractivity contribution in [1.82, 2.24) is 0 Å². The van der Waals surface area contributed by atoms with Crippen molar-refractivity contribution in [3.63, 3.8) is 0 Å². The highest BCUT2D eigenvalue weighted by atomic mass is 32.2. The Morgan fingerprint density at radius 2 is 1.27 bits per heavy atom. The molecular formula is C38H40O2S4. The molecule has 228 valence electrons. The lowest BCUT2D eigenvalue weighted by Crippen LogP contribution is -2.34. The minimum absolute atomic E-state index is 0.112. The van der Waals surface area contributed by atoms with E-state index < -0.39 is 0 Å². The molecule has 0 saturated heterocycles. The Morgan fingerprint density at radius 3 is 1.80 bits per heavy atom. The molecule has 3 aromatic heterocycles. The quantitative estimate of drug-likeness (QED) is 0.177. The first-order valence-electron chi connectivity index (χ1n) is 15.9. The van der Waals surface area contributed by atoms with Crippen molar-refractivity contribution in [3.05, 3.63) is 67.4 Å². The normalized spacial score (nSPS) is 18.1. The fraction of sp³-hybridized carbons (Fsp3) is 0.421. The minimum Gasteiger partial charge on any atom is -0.293 e. The van der Waals surface area contributed by atoms with E-state index in [1.54, 1.807) is 6.07 Å². The van der Waals surface area contributed by atoms with Crippen LogP contribution in [0.4, 0.5) is 0 Å². The molecule has 0 fully saturated rings. The van der Waals surface area contributed by atoms with Crippen molar-refractivity contribution in [2.45, 2.75) is 84.3 Å². The van der Waals surface area contributed by atoms with Crippen molar-refractivity contribution in [1.29, 1.82) is 0 Å². The summed E-state index contributed by atoms with van der Waals surface area (Å²) in [6.07, 6.45) is 11.5. The molecule has 4 unspecified atom stereocenters. The van der Waals surface area contributed by atoms with Crippen LogP contribution in [0.25, 0.3) is 20.2 Å². The second-order valence-electron chi connectivity index (χ2n) is 11.4. The summed E-state index contributed by atoms with van der Waals surface area (Å²) < 4.78 is 2.62. The Hall–Kier alpha value is -2.61. The fourth-order valence-electron chi connectivity index (χ4n) is 5.75. The van der Waals surface area contributed by atoms with Gasteiger partial charge in [0.1, 0.15) is 0 Å². The number of unbranched alkanes of at least 4 members (excludes halogenated alkanes) is 2. The number of hydrogen-bond donors (Lipinski definition) is 0. The summed E-state index contributed by atoms with van der Waals surface area (Å²) >= 11 is 6.45. The number of fused-ring (bicyclic) bond motifs is 4. The number of allylic oxidation sites excluding steroid dienone is 1. The zero-order chi connectivity index (χ0) is 31.1. The number of carbonyl (C=O) groups excluding carboxylic acids is 2. The van der Waals surface area contributed by atoms with Crippen molar-refractivity contribution in [3.8, 4) is 23.7 Å². The number of ketones is 2. The van der Waals surface area contributed by atoms with Crippen LogP contribution in [0.5, 0.6) is 0 Å². The highest BCUT2D eigenvalue weighted by Gasteiger charge is 2.43. The van der Waals surface area contributed by atoms with Crippen LogP contribution in [-0.2, 0) is 0 Å². The maximum atomic E-state index is 11.9. The number of carbonyl (C=O) groups is 2. The van der Waals surface area contributed by atoms with Crippen LogP contribution < -0.4 is 0 Å². The molecule has 0 radical (unpaired) electrons. The van der Waals surface area contributed by atoms with E-state index in [4.69, 9.17) is 0 Å². The number of thiophene rings is 3. The van der Waals surface area contributed by atoms with Crippen molar-refractivity contribution >= 4 is 77.5 Å². The topological polar surface area (TPSA) is 34.1 Å². The molecule has 0 bridgehead atoms. The lowest BCUT2D eigenvalue weighted by Gasteiger charge is -2.21. The van der Waals surface area contributed by atoms with E-state index in [-0.39, 0.29) is 22.7 Å². The molecule has 0 N–H and O–H groups in total. The standard InChI is InChI=1S/C28H34S2.C10H6O2S2/c1-5-9-11-21(7-3)13-15-23-25-17-19-30-28(25)24(26-18-20-29-27(23)26)16-14-22(8-4)12-10-6-2;11-7-5-1-3-13-9(5)8(12)6-2-4-14-10(6)7/h17-22H,5-12H2,1-4H3;1-5,9H. The predicted octanol–water partition coefficient (Wildman–Crippen LogP) is 11.6. The fourth-order valence-corrected chi connectivity index (χ4v) is 9.53. The summed E-state index contributed by atoms with van der Waals surface area (Å²) in [5.41, 5.74) is 3.06. The highest BCUT2D eigenvalue weighted by Crippen LogP contribution is 2.41. The zero-order valence-electron chi connectivity index (χ0n) is 26.0. The highest BCUT2D eigenvalue weighted by molar-refractivity contribution is 8.03. The third-order valence-electron chi connectivity index (χ3n) is 8.48. The van der Waals surface area contributed by atoms with Gasteiger partial charge in [-0.05, 0) is 65.4 Å². The first-order valence-corrected chi connectivity index (χ1v) is 19.5. The number of Topliss-reactive ketones (excluding diaryl/α,β-unsaturated/α-hetero) is 2. The monoisotopic (exact) mass is 656 g/mol. The molecule has 4 aromatic rings. The molecule has 0 amide bonds. The molecular weight excluding hydrogens is 617 g/mol. The van der Waals surface area contributed by atoms with E-state index in [0.29, 0.717) is 22.3 Å². The van der Waals surface area contributed by atoms with Crippen LogP contribution >= 0.6 is 45.8 Å². The van der Waals surface area contributed by atoms with Gasteiger partial charge < -0.3 is 0 Å². The number of hydrogen-bond acceptors (Lipinski definition) is 6. The van der Waals surface area contributed by atoms with E-state index in [0.717, 1.165) is 12.8 Å². The first-order chi connectivity index (χ1) is 21.5. The largest absolute Gasteiger partial charge is 0.293 e. The van der Waals surface area contributed by atoms with Gasteiger partial charge in [-0.3, -0.25) is 9.59 Å². The Kier molecular flexibility index (Phi) is 11.6. The maximum Gasteiger partial charge on any atom is 0.181 e. The van der Waals surface area contributed by atoms with Gasteiger partial charge in [-0.1, -0.05) is 83.1 Å². The molecule has 4 heterocycles. The Bertz CT molecular complexity index is 1640. The van der Waals surface area contributed by atoms with Crippen LogP contribution in [0.3, 0.4) is 0 Å². The van der Waals surface area contributed by atoms with E-state index in [9.17, 15) is 9.59 Å². The zero-order valence-corrected chi connectivity index (χ0v) is 29.3. The summed E-state index contributed by atoms with van der Waals surface area (Å²) in [4.78, 5) is 24.4. The molecule has 1 aromatic carbocycles. The van der Waals surface area contributed by atoms with E-state index in [1.165, 1.54) is 92.9 Å². The minimum atomic E-state index is -0.210. The molecule has 44 heavy (non-hydrogen) atoms. The molecule has 2 nitrogen and oxygen atoms in total. The van der Waals surface area contributed by atoms with Crippen molar-refractivity contribution in [2.75, 3.05) is 0 Å². The Morgan fingerprint density at radius 1 is 0.727 bits per heavy atom. The molecule has 2 aliphatic rings. The van der Waals surface area contributed by atoms with Crippen molar-refractivity contribution < 1.29 is 9.59 Å². The third kappa shape index (κ3) is 6.95. The SMILES string of the molecule is CCCCC(C#Cc1c2ccsc2c(C#CC(CC)CCCC)c2ccsc12)CC.O=C1c2sccc2C(=O)C2SC=CC12. The van der Waals surface area contributed by atoms with Gasteiger partial charge in [-0.25, -0.2) is 0 Å². The Balaban J connectivity index is 0.000000226. The summed E-state index contributed by atoms with van der Waals surface area (Å²) in [5.74, 6) is 15.5. The number of rotatable bonds is 8. The van der Waals surface area contributed by atoms with E-state index >= 15 is 0 Å². The first kappa shape index (κ1) is 32.8. The summed E-state index contributed by atoms with van der Waals surface area (Å²) in [6.45, 7) is 9.04. The average molecular weight is 657 g/mol. The summed E-state index contributed by atoms with van der Waals surface area (Å²) in [7, 11) is 0. The van der Waals surface area contributed by atoms with Gasteiger partial charge in [-0.2, -0.15) is 0 Å². The maximum absolute atomic E-state index is 11.9. The van der Waals surface area contributed by atoms with Gasteiger partial charge in [0.05, 0.1) is 36.6 Å². The molecule has 4 atom stereocenters. The lowest BCUT2D eigenvalue weighted by atomic mass is 9.87. The van der Waals surface area contributed by atoms with Crippen LogP contribution in [0, 0.1) is 41.4 Å². The second-order valence-corrected chi connectivity index (χ2v) is 15.2. The van der Waals surface area contributed by atoms with Crippen LogP contribution in [-0.4, -0.2) is 16.8 Å². The molecule has 6 heteroatoms. The van der Waals surface area contributed by atoms with Gasteiger partial charge >= 0.3 is 0 Å². The van der Waals surface area contributed by atoms with E-state index in [2.05, 4.69) is 74.3 Å². The third-order valence-corrected chi connectivity index (χ3v) is 12.4. The Labute approximate surface area is 278 Å².